The molecular formula is C28H20Cl2N4O3S. The molecular weight excluding hydrogens is 543 g/mol. The normalized spacial score (nSPS) is 13.3. The van der Waals surface area contributed by atoms with Crippen molar-refractivity contribution in [1.82, 2.24) is 4.98 Å². The summed E-state index contributed by atoms with van der Waals surface area (Å²) in [4.78, 5) is 44.2. The maximum Gasteiger partial charge on any atom is 0.283 e. The summed E-state index contributed by atoms with van der Waals surface area (Å²) in [5.41, 5.74) is 4.68. The number of carbonyl (C=O) groups is 3. The van der Waals surface area contributed by atoms with Crippen LogP contribution >= 0.6 is 34.5 Å². The van der Waals surface area contributed by atoms with E-state index in [9.17, 15) is 14.4 Å². The largest absolute Gasteiger partial charge is 0.350 e. The second-order valence-corrected chi connectivity index (χ2v) is 10.3. The van der Waals surface area contributed by atoms with E-state index in [0.717, 1.165) is 27.3 Å². The highest BCUT2D eigenvalue weighted by molar-refractivity contribution is 7.14. The topological polar surface area (TPSA) is 91.4 Å². The van der Waals surface area contributed by atoms with Crippen molar-refractivity contribution in [1.29, 1.82) is 0 Å². The highest BCUT2D eigenvalue weighted by Gasteiger charge is 2.39. The Hall–Kier alpha value is -3.98. The number of thiazole rings is 1. The zero-order valence-corrected chi connectivity index (χ0v) is 22.5. The van der Waals surface area contributed by atoms with E-state index in [4.69, 9.17) is 23.2 Å². The zero-order valence-electron chi connectivity index (χ0n) is 20.2. The maximum absolute atomic E-state index is 13.1. The lowest BCUT2D eigenvalue weighted by Gasteiger charge is -2.18. The first-order chi connectivity index (χ1) is 18.2. The first-order valence-corrected chi connectivity index (χ1v) is 13.1. The average Bonchev–Trinajstić information content (AvgIpc) is 3.45. The van der Waals surface area contributed by atoms with Gasteiger partial charge in [-0.2, -0.15) is 0 Å². The van der Waals surface area contributed by atoms with Crippen LogP contribution in [0.3, 0.4) is 0 Å². The predicted octanol–water partition coefficient (Wildman–Crippen LogP) is 6.77. The van der Waals surface area contributed by atoms with Gasteiger partial charge in [0.1, 0.15) is 10.7 Å². The van der Waals surface area contributed by atoms with Crippen LogP contribution in [0.15, 0.2) is 82.8 Å². The fraction of sp³-hybridized carbons (Fsp3) is 0.0714. The summed E-state index contributed by atoms with van der Waals surface area (Å²) in [6, 6.07) is 19.3. The minimum Gasteiger partial charge on any atom is -0.350 e. The van der Waals surface area contributed by atoms with Gasteiger partial charge in [-0.25, -0.2) is 9.88 Å². The molecule has 0 saturated heterocycles. The summed E-state index contributed by atoms with van der Waals surface area (Å²) in [5, 5.41) is 8.47. The van der Waals surface area contributed by atoms with Crippen molar-refractivity contribution in [3.63, 3.8) is 0 Å². The number of aryl methyl sites for hydroxylation is 2. The second kappa shape index (κ2) is 10.4. The maximum atomic E-state index is 13.1. The lowest BCUT2D eigenvalue weighted by Crippen LogP contribution is -2.32. The van der Waals surface area contributed by atoms with Gasteiger partial charge in [0.2, 0.25) is 0 Å². The molecule has 7 nitrogen and oxygen atoms in total. The molecule has 0 unspecified atom stereocenters. The number of aromatic nitrogens is 1. The number of amides is 3. The Labute approximate surface area is 232 Å². The number of imide groups is 1. The lowest BCUT2D eigenvalue weighted by molar-refractivity contribution is -0.120. The summed E-state index contributed by atoms with van der Waals surface area (Å²) in [6.07, 6.45) is 0. The molecule has 190 valence electrons. The van der Waals surface area contributed by atoms with Gasteiger partial charge in [0.25, 0.3) is 17.7 Å². The number of nitrogens with one attached hydrogen (secondary N) is 2. The van der Waals surface area contributed by atoms with Crippen molar-refractivity contribution in [2.45, 2.75) is 13.8 Å². The molecule has 2 N–H and O–H groups in total. The van der Waals surface area contributed by atoms with Crippen LogP contribution in [0.5, 0.6) is 0 Å². The molecule has 0 bridgehead atoms. The molecule has 3 aromatic carbocycles. The van der Waals surface area contributed by atoms with Crippen LogP contribution in [-0.4, -0.2) is 22.7 Å². The molecule has 0 saturated carbocycles. The van der Waals surface area contributed by atoms with Gasteiger partial charge in [-0.05, 0) is 67.4 Å². The number of hydrogen-bond donors (Lipinski definition) is 2. The van der Waals surface area contributed by atoms with Crippen LogP contribution in [0.2, 0.25) is 5.02 Å². The molecule has 0 fully saturated rings. The van der Waals surface area contributed by atoms with Crippen molar-refractivity contribution in [2.24, 2.45) is 0 Å². The van der Waals surface area contributed by atoms with Crippen LogP contribution in [0.4, 0.5) is 16.5 Å². The Morgan fingerprint density at radius 1 is 0.921 bits per heavy atom. The Bertz CT molecular complexity index is 1610. The lowest BCUT2D eigenvalue weighted by atomic mass is 10.1. The first kappa shape index (κ1) is 25.7. The predicted molar refractivity (Wildman–Crippen MR) is 152 cm³/mol. The van der Waals surface area contributed by atoms with Crippen LogP contribution in [-0.2, 0) is 9.59 Å². The van der Waals surface area contributed by atoms with Crippen molar-refractivity contribution in [2.75, 3.05) is 15.5 Å². The molecule has 1 aliphatic heterocycles. The van der Waals surface area contributed by atoms with E-state index in [2.05, 4.69) is 15.6 Å². The molecule has 4 aromatic rings. The van der Waals surface area contributed by atoms with Gasteiger partial charge in [0, 0.05) is 27.2 Å². The van der Waals surface area contributed by atoms with E-state index < -0.39 is 11.8 Å². The number of carbonyl (C=O) groups excluding carboxylic acids is 3. The van der Waals surface area contributed by atoms with E-state index in [-0.39, 0.29) is 16.6 Å². The standard InChI is InChI=1S/C28H20Cl2N4O3S/c1-15-3-4-16(2)22(13-15)34-26(36)23(30)24(27(34)37)31-20-11-7-18(8-12-20)25(35)33-28-32-21(14-38-28)17-5-9-19(29)10-6-17/h3-14,31H,1-2H3,(H,32,33,35). The van der Waals surface area contributed by atoms with Crippen LogP contribution in [0.1, 0.15) is 21.5 Å². The molecule has 0 atom stereocenters. The summed E-state index contributed by atoms with van der Waals surface area (Å²) < 4.78 is 0. The first-order valence-electron chi connectivity index (χ1n) is 11.5. The van der Waals surface area contributed by atoms with Gasteiger partial charge < -0.3 is 5.32 Å². The molecule has 5 rings (SSSR count). The zero-order chi connectivity index (χ0) is 27.0. The average molecular weight is 563 g/mol. The van der Waals surface area contributed by atoms with Crippen molar-refractivity contribution in [3.8, 4) is 11.3 Å². The molecule has 2 heterocycles. The smallest absolute Gasteiger partial charge is 0.283 e. The molecule has 0 aliphatic carbocycles. The van der Waals surface area contributed by atoms with Gasteiger partial charge in [-0.15, -0.1) is 11.3 Å². The Morgan fingerprint density at radius 2 is 1.63 bits per heavy atom. The van der Waals surface area contributed by atoms with Crippen LogP contribution < -0.4 is 15.5 Å². The fourth-order valence-corrected chi connectivity index (χ4v) is 4.95. The summed E-state index contributed by atoms with van der Waals surface area (Å²) in [6.45, 7) is 3.70. The summed E-state index contributed by atoms with van der Waals surface area (Å²) >= 11 is 13.5. The Balaban J connectivity index is 1.27. The molecule has 1 aliphatic rings. The summed E-state index contributed by atoms with van der Waals surface area (Å²) in [7, 11) is 0. The van der Waals surface area contributed by atoms with E-state index >= 15 is 0 Å². The molecule has 38 heavy (non-hydrogen) atoms. The minimum absolute atomic E-state index is 0.0210. The molecule has 10 heteroatoms. The molecule has 0 spiro atoms. The third kappa shape index (κ3) is 5.06. The number of halogens is 2. The second-order valence-electron chi connectivity index (χ2n) is 8.63. The van der Waals surface area contributed by atoms with Crippen molar-refractivity contribution >= 4 is 68.8 Å². The van der Waals surface area contributed by atoms with Gasteiger partial charge in [0.15, 0.2) is 5.13 Å². The minimum atomic E-state index is -0.592. The number of anilines is 3. The van der Waals surface area contributed by atoms with E-state index in [0.29, 0.717) is 27.1 Å². The SMILES string of the molecule is Cc1ccc(C)c(N2C(=O)C(Cl)=C(Nc3ccc(C(=O)Nc4nc(-c5ccc(Cl)cc5)cs4)cc3)C2=O)c1. The fourth-order valence-electron chi connectivity index (χ4n) is 3.89. The van der Waals surface area contributed by atoms with E-state index in [1.54, 1.807) is 42.5 Å². The quantitative estimate of drug-likeness (QED) is 0.253. The Kier molecular flexibility index (Phi) is 7.03. The molecule has 0 radical (unpaired) electrons. The van der Waals surface area contributed by atoms with Gasteiger partial charge >= 0.3 is 0 Å². The molecule has 1 aromatic heterocycles. The van der Waals surface area contributed by atoms with Crippen LogP contribution in [0, 0.1) is 13.8 Å². The number of benzene rings is 3. The van der Waals surface area contributed by atoms with Crippen molar-refractivity contribution < 1.29 is 14.4 Å². The highest BCUT2D eigenvalue weighted by Crippen LogP contribution is 2.33. The third-order valence-electron chi connectivity index (χ3n) is 5.91. The van der Waals surface area contributed by atoms with Gasteiger partial charge in [-0.3, -0.25) is 19.7 Å². The Morgan fingerprint density at radius 3 is 2.34 bits per heavy atom. The molecule has 3 amide bonds. The van der Waals surface area contributed by atoms with Gasteiger partial charge in [0.05, 0.1) is 11.4 Å². The van der Waals surface area contributed by atoms with E-state index in [1.807, 2.05) is 43.5 Å². The van der Waals surface area contributed by atoms with Crippen molar-refractivity contribution in [3.05, 3.63) is 105 Å². The number of rotatable bonds is 6. The van der Waals surface area contributed by atoms with Gasteiger partial charge in [-0.1, -0.05) is 47.5 Å². The highest BCUT2D eigenvalue weighted by atomic mass is 35.5. The summed E-state index contributed by atoms with van der Waals surface area (Å²) in [5.74, 6) is -1.47. The van der Waals surface area contributed by atoms with E-state index in [1.165, 1.54) is 11.3 Å². The third-order valence-corrected chi connectivity index (χ3v) is 7.27. The number of nitrogens with zero attached hydrogens (tertiary/aromatic N) is 2. The number of hydrogen-bond acceptors (Lipinski definition) is 6. The van der Waals surface area contributed by atoms with Crippen LogP contribution in [0.25, 0.3) is 11.3 Å². The monoisotopic (exact) mass is 562 g/mol.